The Balaban J connectivity index is 1.59. The molecule has 1 saturated carbocycles. The van der Waals surface area contributed by atoms with Gasteiger partial charge >= 0.3 is 5.97 Å². The van der Waals surface area contributed by atoms with Crippen LogP contribution in [0.4, 0.5) is 0 Å². The smallest absolute Gasteiger partial charge is 0.313 e. The average Bonchev–Trinajstić information content (AvgIpc) is 3.21. The summed E-state index contributed by atoms with van der Waals surface area (Å²) < 4.78 is 17.0. The topological polar surface area (TPSA) is 48.0 Å². The number of ether oxygens (including phenoxy) is 3. The molecule has 5 nitrogen and oxygen atoms in total. The number of esters is 1. The van der Waals surface area contributed by atoms with Gasteiger partial charge in [0, 0.05) is 25.4 Å². The Labute approximate surface area is 142 Å². The second-order valence-corrected chi connectivity index (χ2v) is 7.19. The van der Waals surface area contributed by atoms with Gasteiger partial charge in [0.25, 0.3) is 0 Å². The van der Waals surface area contributed by atoms with E-state index < -0.39 is 11.2 Å². The van der Waals surface area contributed by atoms with Gasteiger partial charge in [-0.3, -0.25) is 9.69 Å². The second kappa shape index (κ2) is 6.14. The summed E-state index contributed by atoms with van der Waals surface area (Å²) in [5.74, 6) is -0.686. The normalized spacial score (nSPS) is 32.0. The molecule has 1 aromatic rings. The van der Waals surface area contributed by atoms with Crippen LogP contribution in [0.5, 0.6) is 0 Å². The molecule has 0 bridgehead atoms. The van der Waals surface area contributed by atoms with E-state index in [0.717, 1.165) is 32.4 Å². The first-order valence-electron chi connectivity index (χ1n) is 8.82. The maximum Gasteiger partial charge on any atom is 0.313 e. The molecular formula is C19H25NO4. The SMILES string of the molecule is COC(=O)[C@@]12CCN(Cc3ccccc3)[C@@H]1CCC1(C2)OCCO1. The standard InChI is InChI=1S/C19H25NO4/c1-22-17(21)18-9-10-20(13-15-5-3-2-4-6-15)16(18)7-8-19(14-18)23-11-12-24-19/h2-6,16H,7-14H2,1H3/t16-,18-/m1/s1. The third kappa shape index (κ3) is 2.55. The van der Waals surface area contributed by atoms with E-state index in [1.165, 1.54) is 12.7 Å². The van der Waals surface area contributed by atoms with Crippen LogP contribution in [0, 0.1) is 5.41 Å². The monoisotopic (exact) mass is 331 g/mol. The molecule has 0 aromatic heterocycles. The highest BCUT2D eigenvalue weighted by atomic mass is 16.7. The number of hydrogen-bond donors (Lipinski definition) is 0. The van der Waals surface area contributed by atoms with Crippen LogP contribution < -0.4 is 0 Å². The Bertz CT molecular complexity index is 599. The molecule has 1 aliphatic carbocycles. The van der Waals surface area contributed by atoms with Crippen molar-refractivity contribution < 1.29 is 19.0 Å². The Morgan fingerprint density at radius 3 is 2.71 bits per heavy atom. The van der Waals surface area contributed by atoms with Crippen LogP contribution in [-0.4, -0.2) is 49.6 Å². The molecule has 2 atom stereocenters. The molecule has 0 N–H and O–H groups in total. The van der Waals surface area contributed by atoms with Crippen LogP contribution in [0.25, 0.3) is 0 Å². The molecule has 2 heterocycles. The molecule has 1 aromatic carbocycles. The van der Waals surface area contributed by atoms with E-state index in [-0.39, 0.29) is 12.0 Å². The van der Waals surface area contributed by atoms with Crippen molar-refractivity contribution in [3.63, 3.8) is 0 Å². The second-order valence-electron chi connectivity index (χ2n) is 7.19. The van der Waals surface area contributed by atoms with Gasteiger partial charge in [0.1, 0.15) is 0 Å². The lowest BCUT2D eigenvalue weighted by Gasteiger charge is -2.46. The minimum Gasteiger partial charge on any atom is -0.469 e. The predicted molar refractivity (Wildman–Crippen MR) is 88.2 cm³/mol. The van der Waals surface area contributed by atoms with Crippen molar-refractivity contribution in [1.82, 2.24) is 4.90 Å². The fraction of sp³-hybridized carbons (Fsp3) is 0.632. The first kappa shape index (κ1) is 16.1. The average molecular weight is 331 g/mol. The van der Waals surface area contributed by atoms with Crippen molar-refractivity contribution in [3.05, 3.63) is 35.9 Å². The summed E-state index contributed by atoms with van der Waals surface area (Å²) in [5.41, 5.74) is 0.776. The molecule has 0 radical (unpaired) electrons. The van der Waals surface area contributed by atoms with Gasteiger partial charge in [-0.2, -0.15) is 0 Å². The Kier molecular flexibility index (Phi) is 4.11. The molecule has 2 aliphatic heterocycles. The van der Waals surface area contributed by atoms with E-state index in [1.54, 1.807) is 0 Å². The van der Waals surface area contributed by atoms with E-state index in [4.69, 9.17) is 14.2 Å². The number of nitrogens with zero attached hydrogens (tertiary/aromatic N) is 1. The minimum atomic E-state index is -0.576. The zero-order valence-electron chi connectivity index (χ0n) is 14.2. The lowest BCUT2D eigenvalue weighted by molar-refractivity contribution is -0.215. The number of fused-ring (bicyclic) bond motifs is 1. The molecule has 5 heteroatoms. The van der Waals surface area contributed by atoms with Crippen LogP contribution in [0.2, 0.25) is 0 Å². The number of benzene rings is 1. The summed E-state index contributed by atoms with van der Waals surface area (Å²) in [7, 11) is 1.49. The fourth-order valence-corrected chi connectivity index (χ4v) is 4.87. The number of carbonyl (C=O) groups excluding carboxylic acids is 1. The Morgan fingerprint density at radius 2 is 2.00 bits per heavy atom. The molecule has 0 unspecified atom stereocenters. The highest BCUT2D eigenvalue weighted by molar-refractivity contribution is 5.78. The number of rotatable bonds is 3. The molecule has 3 aliphatic rings. The predicted octanol–water partition coefficient (Wildman–Crippen LogP) is 2.35. The van der Waals surface area contributed by atoms with Crippen LogP contribution in [0.15, 0.2) is 30.3 Å². The van der Waals surface area contributed by atoms with E-state index in [9.17, 15) is 4.79 Å². The molecule has 24 heavy (non-hydrogen) atoms. The molecule has 4 rings (SSSR count). The lowest BCUT2D eigenvalue weighted by Crippen LogP contribution is -2.54. The molecule has 3 fully saturated rings. The Hall–Kier alpha value is -1.43. The van der Waals surface area contributed by atoms with Crippen LogP contribution >= 0.6 is 0 Å². The Morgan fingerprint density at radius 1 is 1.25 bits per heavy atom. The third-order valence-corrected chi connectivity index (χ3v) is 5.94. The first-order chi connectivity index (χ1) is 11.7. The third-order valence-electron chi connectivity index (χ3n) is 5.94. The van der Waals surface area contributed by atoms with Crippen LogP contribution in [-0.2, 0) is 25.5 Å². The summed E-state index contributed by atoms with van der Waals surface area (Å²) in [4.78, 5) is 15.2. The summed E-state index contributed by atoms with van der Waals surface area (Å²) in [6, 6.07) is 10.6. The summed E-state index contributed by atoms with van der Waals surface area (Å²) in [5, 5.41) is 0. The first-order valence-corrected chi connectivity index (χ1v) is 8.82. The van der Waals surface area contributed by atoms with Crippen molar-refractivity contribution >= 4 is 5.97 Å². The maximum atomic E-state index is 12.7. The summed E-state index contributed by atoms with van der Waals surface area (Å²) >= 11 is 0. The number of hydrogen-bond acceptors (Lipinski definition) is 5. The van der Waals surface area contributed by atoms with Gasteiger partial charge in [-0.25, -0.2) is 0 Å². The maximum absolute atomic E-state index is 12.7. The van der Waals surface area contributed by atoms with E-state index in [0.29, 0.717) is 19.6 Å². The summed E-state index contributed by atoms with van der Waals surface area (Å²) in [6.07, 6.45) is 3.18. The van der Waals surface area contributed by atoms with E-state index >= 15 is 0 Å². The van der Waals surface area contributed by atoms with Gasteiger partial charge in [0.05, 0.1) is 25.7 Å². The van der Waals surface area contributed by atoms with Gasteiger partial charge in [0.2, 0.25) is 0 Å². The lowest BCUT2D eigenvalue weighted by atomic mass is 9.68. The van der Waals surface area contributed by atoms with Gasteiger partial charge in [0.15, 0.2) is 5.79 Å². The zero-order chi connectivity index (χ0) is 16.6. The number of carbonyl (C=O) groups is 1. The van der Waals surface area contributed by atoms with Gasteiger partial charge in [-0.15, -0.1) is 0 Å². The molecule has 130 valence electrons. The van der Waals surface area contributed by atoms with Crippen molar-refractivity contribution in [3.8, 4) is 0 Å². The zero-order valence-corrected chi connectivity index (χ0v) is 14.2. The number of likely N-dealkylation sites (tertiary alicyclic amines) is 1. The molecule has 1 spiro atoms. The fourth-order valence-electron chi connectivity index (χ4n) is 4.87. The van der Waals surface area contributed by atoms with Gasteiger partial charge in [-0.05, 0) is 24.9 Å². The molecule has 0 amide bonds. The largest absolute Gasteiger partial charge is 0.469 e. The van der Waals surface area contributed by atoms with Crippen molar-refractivity contribution in [1.29, 1.82) is 0 Å². The van der Waals surface area contributed by atoms with Crippen molar-refractivity contribution in [2.24, 2.45) is 5.41 Å². The highest BCUT2D eigenvalue weighted by Crippen LogP contribution is 2.53. The quantitative estimate of drug-likeness (QED) is 0.796. The van der Waals surface area contributed by atoms with Crippen molar-refractivity contribution in [2.75, 3.05) is 26.9 Å². The molecule has 2 saturated heterocycles. The van der Waals surface area contributed by atoms with Gasteiger partial charge < -0.3 is 14.2 Å². The highest BCUT2D eigenvalue weighted by Gasteiger charge is 2.61. The van der Waals surface area contributed by atoms with Gasteiger partial charge in [-0.1, -0.05) is 30.3 Å². The van der Waals surface area contributed by atoms with Crippen molar-refractivity contribution in [2.45, 2.75) is 44.1 Å². The van der Waals surface area contributed by atoms with Crippen LogP contribution in [0.3, 0.4) is 0 Å². The molecular weight excluding hydrogens is 306 g/mol. The van der Waals surface area contributed by atoms with E-state index in [2.05, 4.69) is 29.2 Å². The number of methoxy groups -OCH3 is 1. The summed E-state index contributed by atoms with van der Waals surface area (Å²) in [6.45, 7) is 3.02. The minimum absolute atomic E-state index is 0.110. The van der Waals surface area contributed by atoms with Crippen LogP contribution in [0.1, 0.15) is 31.2 Å². The van der Waals surface area contributed by atoms with E-state index in [1.807, 2.05) is 6.07 Å².